The third kappa shape index (κ3) is 5.48. The number of esters is 1. The molecule has 3 rings (SSSR count). The van der Waals surface area contributed by atoms with Crippen molar-refractivity contribution in [2.45, 2.75) is 25.7 Å². The maximum Gasteiger partial charge on any atom is 0.410 e. The van der Waals surface area contributed by atoms with Crippen LogP contribution in [0.15, 0.2) is 54.6 Å². The minimum absolute atomic E-state index is 0.209. The van der Waals surface area contributed by atoms with Crippen LogP contribution in [0.1, 0.15) is 22.8 Å². The van der Waals surface area contributed by atoms with Gasteiger partial charge in [0.1, 0.15) is 24.6 Å². The minimum atomic E-state index is -0.415. The zero-order chi connectivity index (χ0) is 20.6. The number of carbonyl (C=O) groups excluding carboxylic acids is 2. The van der Waals surface area contributed by atoms with Crippen LogP contribution in [0.2, 0.25) is 0 Å². The van der Waals surface area contributed by atoms with Crippen LogP contribution in [-0.4, -0.2) is 56.0 Å². The number of ether oxygens (including phenoxy) is 4. The minimum Gasteiger partial charge on any atom is -0.486 e. The van der Waals surface area contributed by atoms with E-state index in [0.717, 1.165) is 5.56 Å². The van der Waals surface area contributed by atoms with Crippen LogP contribution in [0.25, 0.3) is 0 Å². The Hall–Kier alpha value is -3.06. The van der Waals surface area contributed by atoms with E-state index >= 15 is 0 Å². The summed E-state index contributed by atoms with van der Waals surface area (Å²) in [6.45, 7) is 2.97. The first-order valence-corrected chi connectivity index (χ1v) is 9.53. The maximum atomic E-state index is 12.4. The van der Waals surface area contributed by atoms with E-state index in [9.17, 15) is 9.59 Å². The zero-order valence-corrected chi connectivity index (χ0v) is 16.6. The van der Waals surface area contributed by atoms with Gasteiger partial charge < -0.3 is 23.8 Å². The summed E-state index contributed by atoms with van der Waals surface area (Å²) in [5.41, 5.74) is 1.34. The third-order valence-corrected chi connectivity index (χ3v) is 4.61. The van der Waals surface area contributed by atoms with E-state index in [4.69, 9.17) is 18.9 Å². The summed E-state index contributed by atoms with van der Waals surface area (Å²) in [5.74, 6) is 0.112. The molecule has 1 heterocycles. The highest BCUT2D eigenvalue weighted by atomic mass is 16.6. The van der Waals surface area contributed by atoms with Gasteiger partial charge in [-0.25, -0.2) is 9.59 Å². The zero-order valence-electron chi connectivity index (χ0n) is 16.6. The molecule has 2 aromatic rings. The molecule has 0 spiro atoms. The summed E-state index contributed by atoms with van der Waals surface area (Å²) in [4.78, 5) is 25.9. The summed E-state index contributed by atoms with van der Waals surface area (Å²) in [7, 11) is 1.58. The third-order valence-electron chi connectivity index (χ3n) is 4.61. The molecular formula is C22H25NO6. The van der Waals surface area contributed by atoms with E-state index in [1.807, 2.05) is 30.3 Å². The first-order valence-electron chi connectivity index (χ1n) is 9.53. The smallest absolute Gasteiger partial charge is 0.410 e. The molecule has 0 unspecified atom stereocenters. The highest BCUT2D eigenvalue weighted by Crippen LogP contribution is 2.22. The van der Waals surface area contributed by atoms with Crippen LogP contribution in [-0.2, 0) is 20.8 Å². The Bertz CT molecular complexity index is 825. The van der Waals surface area contributed by atoms with Gasteiger partial charge in [-0.2, -0.15) is 0 Å². The first kappa shape index (κ1) is 20.7. The topological polar surface area (TPSA) is 74.3 Å². The van der Waals surface area contributed by atoms with Gasteiger partial charge in [-0.1, -0.05) is 36.4 Å². The lowest BCUT2D eigenvalue weighted by Crippen LogP contribution is -2.32. The summed E-state index contributed by atoms with van der Waals surface area (Å²) in [6, 6.07) is 16.3. The Morgan fingerprint density at radius 3 is 2.48 bits per heavy atom. The second kappa shape index (κ2) is 9.93. The van der Waals surface area contributed by atoms with Crippen molar-refractivity contribution >= 4 is 12.1 Å². The summed E-state index contributed by atoms with van der Waals surface area (Å²) in [5, 5.41) is 0. The lowest BCUT2D eigenvalue weighted by atomic mass is 10.2. The van der Waals surface area contributed by atoms with E-state index in [0.29, 0.717) is 31.0 Å². The summed E-state index contributed by atoms with van der Waals surface area (Å²) >= 11 is 0. The van der Waals surface area contributed by atoms with Gasteiger partial charge in [-0.05, 0) is 30.7 Å². The van der Waals surface area contributed by atoms with Crippen LogP contribution in [0.4, 0.5) is 4.79 Å². The molecule has 154 valence electrons. The van der Waals surface area contributed by atoms with Crippen molar-refractivity contribution in [1.82, 2.24) is 4.90 Å². The fourth-order valence-electron chi connectivity index (χ4n) is 3.13. The number of hydrogen-bond acceptors (Lipinski definition) is 6. The number of amides is 1. The Kier molecular flexibility index (Phi) is 7.08. The van der Waals surface area contributed by atoms with Gasteiger partial charge in [0.15, 0.2) is 0 Å². The van der Waals surface area contributed by atoms with Gasteiger partial charge in [0.05, 0.1) is 25.3 Å². The largest absolute Gasteiger partial charge is 0.486 e. The van der Waals surface area contributed by atoms with Crippen molar-refractivity contribution in [2.75, 3.05) is 26.8 Å². The number of rotatable bonds is 7. The summed E-state index contributed by atoms with van der Waals surface area (Å²) < 4.78 is 21.9. The number of nitrogens with zero attached hydrogens (tertiary/aromatic N) is 1. The van der Waals surface area contributed by atoms with Gasteiger partial charge in [0.25, 0.3) is 0 Å². The second-order valence-electron chi connectivity index (χ2n) is 6.62. The van der Waals surface area contributed by atoms with Gasteiger partial charge in [0, 0.05) is 7.11 Å². The number of hydrogen-bond donors (Lipinski definition) is 0. The molecule has 1 fully saturated rings. The molecule has 2 aromatic carbocycles. The number of methoxy groups -OCH3 is 1. The molecule has 7 heteroatoms. The average Bonchev–Trinajstić information content (AvgIpc) is 3.16. The molecule has 1 aliphatic heterocycles. The van der Waals surface area contributed by atoms with Gasteiger partial charge in [-0.15, -0.1) is 0 Å². The van der Waals surface area contributed by atoms with E-state index in [1.54, 1.807) is 43.2 Å². The Morgan fingerprint density at radius 1 is 1.00 bits per heavy atom. The predicted molar refractivity (Wildman–Crippen MR) is 106 cm³/mol. The number of likely N-dealkylation sites (tertiary alicyclic amines) is 1. The van der Waals surface area contributed by atoms with Crippen LogP contribution in [0, 0.1) is 0 Å². The van der Waals surface area contributed by atoms with Crippen LogP contribution >= 0.6 is 0 Å². The Morgan fingerprint density at radius 2 is 1.76 bits per heavy atom. The SMILES string of the molecule is CCOC(=O)c1cccc(O[C@@H]2CN(C(=O)OCc3ccccc3)C[C@H]2OC)c1. The van der Waals surface area contributed by atoms with Gasteiger partial charge >= 0.3 is 12.1 Å². The molecule has 0 N–H and O–H groups in total. The molecule has 0 aliphatic carbocycles. The molecule has 0 saturated carbocycles. The van der Waals surface area contributed by atoms with Crippen molar-refractivity contribution < 1.29 is 28.5 Å². The van der Waals surface area contributed by atoms with Gasteiger partial charge in [0.2, 0.25) is 0 Å². The van der Waals surface area contributed by atoms with E-state index < -0.39 is 12.1 Å². The van der Waals surface area contributed by atoms with Crippen molar-refractivity contribution in [3.05, 3.63) is 65.7 Å². The summed E-state index contributed by atoms with van der Waals surface area (Å²) in [6.07, 6.45) is -1.09. The first-order chi connectivity index (χ1) is 14.1. The molecule has 1 amide bonds. The van der Waals surface area contributed by atoms with Gasteiger partial charge in [-0.3, -0.25) is 0 Å². The fraction of sp³-hybridized carbons (Fsp3) is 0.364. The molecule has 0 radical (unpaired) electrons. The lowest BCUT2D eigenvalue weighted by Gasteiger charge is -2.19. The quantitative estimate of drug-likeness (QED) is 0.665. The molecule has 2 atom stereocenters. The molecule has 0 bridgehead atoms. The predicted octanol–water partition coefficient (Wildman–Crippen LogP) is 3.28. The van der Waals surface area contributed by atoms with E-state index in [-0.39, 0.29) is 18.8 Å². The number of carbonyl (C=O) groups is 2. The Labute approximate surface area is 170 Å². The average molecular weight is 399 g/mol. The van der Waals surface area contributed by atoms with Crippen LogP contribution in [0.5, 0.6) is 5.75 Å². The van der Waals surface area contributed by atoms with Crippen molar-refractivity contribution in [2.24, 2.45) is 0 Å². The normalized spacial score (nSPS) is 18.3. The standard InChI is InChI=1S/C22H25NO6/c1-3-27-21(24)17-10-7-11-18(12-17)29-20-14-23(13-19(20)26-2)22(25)28-15-16-8-5-4-6-9-16/h4-12,19-20H,3,13-15H2,1-2H3/t19-,20-/m1/s1. The van der Waals surface area contributed by atoms with Crippen LogP contribution < -0.4 is 4.74 Å². The molecule has 7 nitrogen and oxygen atoms in total. The van der Waals surface area contributed by atoms with Crippen molar-refractivity contribution in [3.8, 4) is 5.75 Å². The van der Waals surface area contributed by atoms with E-state index in [2.05, 4.69) is 0 Å². The molecular weight excluding hydrogens is 374 g/mol. The molecule has 1 aliphatic rings. The van der Waals surface area contributed by atoms with Crippen LogP contribution in [0.3, 0.4) is 0 Å². The molecule has 29 heavy (non-hydrogen) atoms. The maximum absolute atomic E-state index is 12.4. The fourth-order valence-corrected chi connectivity index (χ4v) is 3.13. The lowest BCUT2D eigenvalue weighted by molar-refractivity contribution is 0.0337. The van der Waals surface area contributed by atoms with Crippen molar-refractivity contribution in [3.63, 3.8) is 0 Å². The second-order valence-corrected chi connectivity index (χ2v) is 6.62. The highest BCUT2D eigenvalue weighted by Gasteiger charge is 2.38. The Balaban J connectivity index is 1.59. The highest BCUT2D eigenvalue weighted by molar-refractivity contribution is 5.89. The molecule has 1 saturated heterocycles. The van der Waals surface area contributed by atoms with Crippen molar-refractivity contribution in [1.29, 1.82) is 0 Å². The monoisotopic (exact) mass is 399 g/mol. The van der Waals surface area contributed by atoms with E-state index in [1.165, 1.54) is 0 Å². The molecule has 0 aromatic heterocycles. The number of benzene rings is 2.